The Labute approximate surface area is 132 Å². The molecule has 1 N–H and O–H groups in total. The van der Waals surface area contributed by atoms with Crippen molar-refractivity contribution >= 4 is 16.6 Å². The summed E-state index contributed by atoms with van der Waals surface area (Å²) in [7, 11) is 0. The molecule has 1 atom stereocenters. The van der Waals surface area contributed by atoms with Crippen LogP contribution in [0.3, 0.4) is 0 Å². The largest absolute Gasteiger partial charge is 0.394 e. The Morgan fingerprint density at radius 3 is 2.26 bits per heavy atom. The molecule has 0 radical (unpaired) electrons. The third-order valence-corrected chi connectivity index (χ3v) is 4.48. The Morgan fingerprint density at radius 2 is 1.57 bits per heavy atom. The van der Waals surface area contributed by atoms with Crippen LogP contribution in [0, 0.1) is 0 Å². The van der Waals surface area contributed by atoms with Crippen LogP contribution >= 0.6 is 0 Å². The van der Waals surface area contributed by atoms with E-state index in [1.54, 1.807) is 29.7 Å². The second kappa shape index (κ2) is 4.89. The third kappa shape index (κ3) is 1.75. The topological polar surface area (TPSA) is 59.3 Å². The molecule has 0 unspecified atom stereocenters. The smallest absolute Gasteiger partial charge is 0.259 e. The van der Waals surface area contributed by atoms with Crippen LogP contribution in [0.1, 0.15) is 28.9 Å². The molecule has 0 fully saturated rings. The molecule has 2 aromatic carbocycles. The zero-order chi connectivity index (χ0) is 16.1. The molecule has 0 saturated carbocycles. The first-order valence-corrected chi connectivity index (χ1v) is 7.57. The highest BCUT2D eigenvalue weighted by molar-refractivity contribution is 6.26. The lowest BCUT2D eigenvalue weighted by molar-refractivity contribution is 0.104. The van der Waals surface area contributed by atoms with Crippen LogP contribution in [0.4, 0.5) is 0 Å². The van der Waals surface area contributed by atoms with Gasteiger partial charge in [0.1, 0.15) is 0 Å². The number of aromatic nitrogens is 1. The molecule has 3 aromatic rings. The van der Waals surface area contributed by atoms with Gasteiger partial charge in [-0.15, -0.1) is 0 Å². The Kier molecular flexibility index (Phi) is 2.96. The molecule has 1 aliphatic carbocycles. The van der Waals surface area contributed by atoms with Gasteiger partial charge in [0.2, 0.25) is 0 Å². The van der Waals surface area contributed by atoms with Crippen molar-refractivity contribution in [2.24, 2.45) is 0 Å². The molecule has 4 heteroatoms. The number of ketones is 1. The number of rotatable bonds is 2. The minimum absolute atomic E-state index is 0.0642. The number of aliphatic hydroxyl groups excluding tert-OH is 1. The van der Waals surface area contributed by atoms with Crippen molar-refractivity contribution in [3.63, 3.8) is 0 Å². The summed E-state index contributed by atoms with van der Waals surface area (Å²) in [4.78, 5) is 25.8. The van der Waals surface area contributed by atoms with Crippen LogP contribution in [0.15, 0.2) is 53.3 Å². The first kappa shape index (κ1) is 13.9. The molecule has 0 aliphatic heterocycles. The number of carbonyl (C=O) groups excluding carboxylic acids is 1. The molecule has 1 aliphatic rings. The van der Waals surface area contributed by atoms with Crippen LogP contribution in [-0.2, 0) is 0 Å². The maximum atomic E-state index is 12.9. The summed E-state index contributed by atoms with van der Waals surface area (Å²) in [6.45, 7) is 1.61. The number of aliphatic hydroxyl groups is 1. The molecule has 0 bridgehead atoms. The summed E-state index contributed by atoms with van der Waals surface area (Å²) < 4.78 is 1.56. The van der Waals surface area contributed by atoms with E-state index in [4.69, 9.17) is 0 Å². The predicted molar refractivity (Wildman–Crippen MR) is 88.9 cm³/mol. The average Bonchev–Trinajstić information content (AvgIpc) is 2.88. The molecular formula is C19H15NO3. The standard InChI is InChI=1S/C19H15NO3/c1-11(10-21)20-17-13-7-3-4-8-14(13)18(22)16(17)12-6-2-5-9-15(12)19(20)23/h2-9,11,21H,10H2,1H3/t11-/m0/s1. The van der Waals surface area contributed by atoms with E-state index < -0.39 is 6.04 Å². The van der Waals surface area contributed by atoms with Gasteiger partial charge in [-0.1, -0.05) is 42.5 Å². The van der Waals surface area contributed by atoms with Gasteiger partial charge in [0.05, 0.1) is 23.9 Å². The van der Waals surface area contributed by atoms with Crippen molar-refractivity contribution < 1.29 is 9.90 Å². The van der Waals surface area contributed by atoms with Crippen molar-refractivity contribution in [3.05, 3.63) is 70.0 Å². The fourth-order valence-electron chi connectivity index (χ4n) is 3.39. The zero-order valence-corrected chi connectivity index (χ0v) is 12.6. The van der Waals surface area contributed by atoms with Crippen molar-refractivity contribution in [2.75, 3.05) is 6.61 Å². The number of hydrogen-bond acceptors (Lipinski definition) is 3. The van der Waals surface area contributed by atoms with Crippen molar-refractivity contribution in [1.29, 1.82) is 0 Å². The summed E-state index contributed by atoms with van der Waals surface area (Å²) in [6.07, 6.45) is 0. The molecule has 23 heavy (non-hydrogen) atoms. The van der Waals surface area contributed by atoms with Gasteiger partial charge in [-0.05, 0) is 13.0 Å². The lowest BCUT2D eigenvalue weighted by Crippen LogP contribution is -2.27. The molecule has 0 spiro atoms. The van der Waals surface area contributed by atoms with E-state index in [-0.39, 0.29) is 17.9 Å². The molecule has 1 aromatic heterocycles. The summed E-state index contributed by atoms with van der Waals surface area (Å²) in [5.41, 5.74) is 2.37. The molecule has 4 rings (SSSR count). The Balaban J connectivity index is 2.26. The van der Waals surface area contributed by atoms with E-state index in [0.29, 0.717) is 27.6 Å². The van der Waals surface area contributed by atoms with E-state index in [0.717, 1.165) is 5.56 Å². The number of nitrogens with zero attached hydrogens (tertiary/aromatic N) is 1. The Bertz CT molecular complexity index is 1020. The lowest BCUT2D eigenvalue weighted by atomic mass is 10.0. The number of benzene rings is 2. The normalized spacial score (nSPS) is 13.9. The van der Waals surface area contributed by atoms with Gasteiger partial charge >= 0.3 is 0 Å². The number of hydrogen-bond donors (Lipinski definition) is 1. The highest BCUT2D eigenvalue weighted by Crippen LogP contribution is 2.39. The van der Waals surface area contributed by atoms with Gasteiger partial charge in [0.25, 0.3) is 5.56 Å². The van der Waals surface area contributed by atoms with Gasteiger partial charge in [-0.25, -0.2) is 0 Å². The van der Waals surface area contributed by atoms with Crippen molar-refractivity contribution in [2.45, 2.75) is 13.0 Å². The summed E-state index contributed by atoms with van der Waals surface area (Å²) >= 11 is 0. The maximum Gasteiger partial charge on any atom is 0.259 e. The average molecular weight is 305 g/mol. The predicted octanol–water partition coefficient (Wildman–Crippen LogP) is 2.77. The number of fused-ring (bicyclic) bond motifs is 5. The highest BCUT2D eigenvalue weighted by Gasteiger charge is 2.33. The fourth-order valence-corrected chi connectivity index (χ4v) is 3.39. The minimum Gasteiger partial charge on any atom is -0.394 e. The quantitative estimate of drug-likeness (QED) is 0.619. The van der Waals surface area contributed by atoms with Crippen molar-refractivity contribution in [3.8, 4) is 11.3 Å². The first-order chi connectivity index (χ1) is 11.1. The highest BCUT2D eigenvalue weighted by atomic mass is 16.3. The molecule has 4 nitrogen and oxygen atoms in total. The summed E-state index contributed by atoms with van der Waals surface area (Å²) in [5.74, 6) is -0.0642. The van der Waals surface area contributed by atoms with Gasteiger partial charge in [-0.2, -0.15) is 0 Å². The van der Waals surface area contributed by atoms with Crippen LogP contribution in [-0.4, -0.2) is 22.1 Å². The van der Waals surface area contributed by atoms with Gasteiger partial charge < -0.3 is 9.67 Å². The van der Waals surface area contributed by atoms with E-state index in [9.17, 15) is 14.7 Å². The molecular weight excluding hydrogens is 290 g/mol. The molecule has 1 heterocycles. The second-order valence-corrected chi connectivity index (χ2v) is 5.85. The molecule has 0 saturated heterocycles. The summed E-state index contributed by atoms with van der Waals surface area (Å²) in [6, 6.07) is 14.1. The monoisotopic (exact) mass is 305 g/mol. The maximum absolute atomic E-state index is 12.9. The Hall–Kier alpha value is -2.72. The van der Waals surface area contributed by atoms with Crippen LogP contribution in [0.25, 0.3) is 22.0 Å². The molecule has 114 valence electrons. The zero-order valence-electron chi connectivity index (χ0n) is 12.6. The van der Waals surface area contributed by atoms with Crippen LogP contribution < -0.4 is 5.56 Å². The van der Waals surface area contributed by atoms with E-state index >= 15 is 0 Å². The van der Waals surface area contributed by atoms with E-state index in [1.807, 2.05) is 30.3 Å². The van der Waals surface area contributed by atoms with Gasteiger partial charge in [0, 0.05) is 21.9 Å². The van der Waals surface area contributed by atoms with Gasteiger partial charge in [0.15, 0.2) is 5.78 Å². The fraction of sp³-hybridized carbons (Fsp3) is 0.158. The van der Waals surface area contributed by atoms with Crippen LogP contribution in [0.5, 0.6) is 0 Å². The Morgan fingerprint density at radius 1 is 0.957 bits per heavy atom. The van der Waals surface area contributed by atoms with E-state index in [1.165, 1.54) is 0 Å². The van der Waals surface area contributed by atoms with E-state index in [2.05, 4.69) is 0 Å². The lowest BCUT2D eigenvalue weighted by Gasteiger charge is -2.19. The number of carbonyl (C=O) groups is 1. The first-order valence-electron chi connectivity index (χ1n) is 7.57. The third-order valence-electron chi connectivity index (χ3n) is 4.48. The number of pyridine rings is 1. The summed E-state index contributed by atoms with van der Waals surface area (Å²) in [5, 5.41) is 10.8. The van der Waals surface area contributed by atoms with Crippen molar-refractivity contribution in [1.82, 2.24) is 4.57 Å². The minimum atomic E-state index is -0.403. The van der Waals surface area contributed by atoms with Gasteiger partial charge in [-0.3, -0.25) is 9.59 Å². The molecule has 0 amide bonds. The second-order valence-electron chi connectivity index (χ2n) is 5.85. The van der Waals surface area contributed by atoms with Crippen LogP contribution in [0.2, 0.25) is 0 Å². The SMILES string of the molecule is C[C@@H](CO)n1c2c(c3ccccc3c1=O)C(=O)c1ccccc1-2.